The third-order valence-electron chi connectivity index (χ3n) is 5.04. The van der Waals surface area contributed by atoms with E-state index in [1.54, 1.807) is 18.3 Å². The number of hydrogen-bond acceptors (Lipinski definition) is 5. The van der Waals surface area contributed by atoms with Crippen molar-refractivity contribution in [2.24, 2.45) is 5.92 Å². The van der Waals surface area contributed by atoms with E-state index in [1.165, 1.54) is 6.20 Å². The first-order valence-corrected chi connectivity index (χ1v) is 9.80. The number of pyridine rings is 1. The van der Waals surface area contributed by atoms with Crippen LogP contribution in [0.4, 0.5) is 4.79 Å². The molecule has 7 heteroatoms. The number of carbonyl (C=O) groups excluding carboxylic acids is 3. The smallest absolute Gasteiger partial charge is 0.407 e. The van der Waals surface area contributed by atoms with Gasteiger partial charge in [0.15, 0.2) is 5.78 Å². The second-order valence-electron chi connectivity index (χ2n) is 7.14. The predicted octanol–water partition coefficient (Wildman–Crippen LogP) is 2.87. The number of ether oxygens (including phenoxy) is 1. The van der Waals surface area contributed by atoms with Crippen molar-refractivity contribution in [1.82, 2.24) is 15.6 Å². The van der Waals surface area contributed by atoms with Crippen molar-refractivity contribution in [2.45, 2.75) is 38.3 Å². The second-order valence-corrected chi connectivity index (χ2v) is 7.14. The van der Waals surface area contributed by atoms with Crippen LogP contribution in [0.15, 0.2) is 54.9 Å². The predicted molar refractivity (Wildman–Crippen MR) is 107 cm³/mol. The fraction of sp³-hybridized carbons (Fsp3) is 0.364. The van der Waals surface area contributed by atoms with Crippen molar-refractivity contribution in [3.63, 3.8) is 0 Å². The summed E-state index contributed by atoms with van der Waals surface area (Å²) >= 11 is 0. The summed E-state index contributed by atoms with van der Waals surface area (Å²) in [6.07, 6.45) is 5.38. The highest BCUT2D eigenvalue weighted by Crippen LogP contribution is 2.24. The van der Waals surface area contributed by atoms with Gasteiger partial charge in [0.2, 0.25) is 5.91 Å². The SMILES string of the molecule is O=C(N[C@H]1CC[C@H](C(=O)NCC(=O)c2cccnc2)CC1)OCc1ccccc1. The van der Waals surface area contributed by atoms with Crippen molar-refractivity contribution in [3.05, 3.63) is 66.0 Å². The molecule has 1 aliphatic rings. The minimum Gasteiger partial charge on any atom is -0.445 e. The maximum atomic E-state index is 12.3. The van der Waals surface area contributed by atoms with Gasteiger partial charge in [-0.3, -0.25) is 14.6 Å². The highest BCUT2D eigenvalue weighted by Gasteiger charge is 2.27. The van der Waals surface area contributed by atoms with Crippen molar-refractivity contribution in [3.8, 4) is 0 Å². The molecule has 29 heavy (non-hydrogen) atoms. The molecule has 0 bridgehead atoms. The molecule has 2 aromatic rings. The topological polar surface area (TPSA) is 97.4 Å². The maximum Gasteiger partial charge on any atom is 0.407 e. The monoisotopic (exact) mass is 395 g/mol. The van der Waals surface area contributed by atoms with Gasteiger partial charge in [0, 0.05) is 29.9 Å². The summed E-state index contributed by atoms with van der Waals surface area (Å²) in [6.45, 7) is 0.198. The molecule has 2 N–H and O–H groups in total. The molecule has 1 heterocycles. The molecule has 1 saturated carbocycles. The fourth-order valence-electron chi connectivity index (χ4n) is 3.37. The zero-order chi connectivity index (χ0) is 20.5. The van der Waals surface area contributed by atoms with E-state index in [1.807, 2.05) is 30.3 Å². The summed E-state index contributed by atoms with van der Waals surface area (Å²) < 4.78 is 5.24. The number of hydrogen-bond donors (Lipinski definition) is 2. The minimum atomic E-state index is -0.441. The summed E-state index contributed by atoms with van der Waals surface area (Å²) in [7, 11) is 0. The zero-order valence-electron chi connectivity index (χ0n) is 16.2. The van der Waals surface area contributed by atoms with E-state index in [2.05, 4.69) is 15.6 Å². The molecule has 1 aliphatic carbocycles. The van der Waals surface area contributed by atoms with Crippen LogP contribution in [0.3, 0.4) is 0 Å². The molecule has 1 aromatic heterocycles. The number of ketones is 1. The first-order chi connectivity index (χ1) is 14.1. The molecule has 1 fully saturated rings. The highest BCUT2D eigenvalue weighted by atomic mass is 16.5. The Morgan fingerprint density at radius 3 is 2.45 bits per heavy atom. The van der Waals surface area contributed by atoms with Crippen LogP contribution in [-0.4, -0.2) is 35.4 Å². The average Bonchev–Trinajstić information content (AvgIpc) is 2.77. The summed E-state index contributed by atoms with van der Waals surface area (Å²) in [5.41, 5.74) is 1.42. The largest absolute Gasteiger partial charge is 0.445 e. The van der Waals surface area contributed by atoms with E-state index >= 15 is 0 Å². The van der Waals surface area contributed by atoms with Crippen molar-refractivity contribution in [1.29, 1.82) is 0 Å². The lowest BCUT2D eigenvalue weighted by molar-refractivity contribution is -0.125. The van der Waals surface area contributed by atoms with Gasteiger partial charge in [-0.2, -0.15) is 0 Å². The normalized spacial score (nSPS) is 18.5. The standard InChI is InChI=1S/C22H25N3O4/c26-20(18-7-4-12-23-13-18)14-24-21(27)17-8-10-19(11-9-17)25-22(28)29-15-16-5-2-1-3-6-16/h1-7,12-13,17,19H,8-11,14-15H2,(H,24,27)(H,25,28)/t17-,19-. The first-order valence-electron chi connectivity index (χ1n) is 9.80. The van der Waals surface area contributed by atoms with E-state index in [0.29, 0.717) is 31.2 Å². The molecule has 7 nitrogen and oxygen atoms in total. The third-order valence-corrected chi connectivity index (χ3v) is 5.04. The Morgan fingerprint density at radius 1 is 1.00 bits per heavy atom. The van der Waals surface area contributed by atoms with Gasteiger partial charge in [-0.15, -0.1) is 0 Å². The van der Waals surface area contributed by atoms with Gasteiger partial charge in [0.25, 0.3) is 0 Å². The van der Waals surface area contributed by atoms with Gasteiger partial charge in [-0.1, -0.05) is 30.3 Å². The number of nitrogens with zero attached hydrogens (tertiary/aromatic N) is 1. The van der Waals surface area contributed by atoms with Crippen LogP contribution in [0.2, 0.25) is 0 Å². The molecule has 0 saturated heterocycles. The van der Waals surface area contributed by atoms with Crippen LogP contribution < -0.4 is 10.6 Å². The maximum absolute atomic E-state index is 12.3. The lowest BCUT2D eigenvalue weighted by Gasteiger charge is -2.28. The van der Waals surface area contributed by atoms with E-state index in [4.69, 9.17) is 4.74 Å². The Hall–Kier alpha value is -3.22. The van der Waals surface area contributed by atoms with E-state index in [9.17, 15) is 14.4 Å². The molecule has 0 atom stereocenters. The Balaban J connectivity index is 1.34. The molecule has 1 aromatic carbocycles. The Kier molecular flexibility index (Phi) is 7.33. The molecular formula is C22H25N3O4. The quantitative estimate of drug-likeness (QED) is 0.703. The highest BCUT2D eigenvalue weighted by molar-refractivity contribution is 5.99. The van der Waals surface area contributed by atoms with Gasteiger partial charge in [0.05, 0.1) is 6.54 Å². The lowest BCUT2D eigenvalue weighted by Crippen LogP contribution is -2.41. The Bertz CT molecular complexity index is 818. The van der Waals surface area contributed by atoms with Crippen LogP contribution in [0.25, 0.3) is 0 Å². The van der Waals surface area contributed by atoms with Crippen LogP contribution in [0.1, 0.15) is 41.6 Å². The molecule has 0 unspecified atom stereocenters. The van der Waals surface area contributed by atoms with E-state index in [-0.39, 0.29) is 36.8 Å². The molecule has 152 valence electrons. The average molecular weight is 395 g/mol. The summed E-state index contributed by atoms with van der Waals surface area (Å²) in [5, 5.41) is 5.58. The summed E-state index contributed by atoms with van der Waals surface area (Å²) in [4.78, 5) is 40.2. The Morgan fingerprint density at radius 2 is 1.76 bits per heavy atom. The van der Waals surface area contributed by atoms with Gasteiger partial charge in [-0.05, 0) is 43.4 Å². The van der Waals surface area contributed by atoms with Gasteiger partial charge < -0.3 is 15.4 Å². The molecular weight excluding hydrogens is 370 g/mol. The molecule has 0 radical (unpaired) electrons. The summed E-state index contributed by atoms with van der Waals surface area (Å²) in [5.74, 6) is -0.426. The zero-order valence-corrected chi connectivity index (χ0v) is 16.2. The number of alkyl carbamates (subject to hydrolysis) is 1. The molecule has 0 aliphatic heterocycles. The number of aromatic nitrogens is 1. The number of benzene rings is 1. The van der Waals surface area contributed by atoms with Crippen LogP contribution in [0, 0.1) is 5.92 Å². The second kappa shape index (κ2) is 10.4. The number of rotatable bonds is 7. The van der Waals surface area contributed by atoms with E-state index in [0.717, 1.165) is 5.56 Å². The fourth-order valence-corrected chi connectivity index (χ4v) is 3.37. The number of nitrogens with one attached hydrogen (secondary N) is 2. The Labute approximate surface area is 169 Å². The van der Waals surface area contributed by atoms with Crippen LogP contribution in [-0.2, 0) is 16.1 Å². The minimum absolute atomic E-state index is 0.000603. The summed E-state index contributed by atoms with van der Waals surface area (Å²) in [6, 6.07) is 12.9. The van der Waals surface area contributed by atoms with Gasteiger partial charge >= 0.3 is 6.09 Å². The number of amides is 2. The van der Waals surface area contributed by atoms with Crippen LogP contribution in [0.5, 0.6) is 0 Å². The molecule has 2 amide bonds. The molecule has 0 spiro atoms. The van der Waals surface area contributed by atoms with Gasteiger partial charge in [0.1, 0.15) is 6.61 Å². The van der Waals surface area contributed by atoms with E-state index < -0.39 is 6.09 Å². The molecule has 3 rings (SSSR count). The first kappa shape index (κ1) is 20.5. The lowest BCUT2D eigenvalue weighted by atomic mass is 9.85. The number of carbonyl (C=O) groups is 3. The third kappa shape index (κ3) is 6.41. The van der Waals surface area contributed by atoms with Gasteiger partial charge in [-0.25, -0.2) is 4.79 Å². The number of Topliss-reactive ketones (excluding diaryl/α,β-unsaturated/α-hetero) is 1. The van der Waals surface area contributed by atoms with Crippen molar-refractivity contribution >= 4 is 17.8 Å². The van der Waals surface area contributed by atoms with Crippen LogP contribution >= 0.6 is 0 Å². The van der Waals surface area contributed by atoms with Crippen molar-refractivity contribution in [2.75, 3.05) is 6.54 Å². The van der Waals surface area contributed by atoms with Crippen molar-refractivity contribution < 1.29 is 19.1 Å².